The second-order valence-corrected chi connectivity index (χ2v) is 4.42. The molecule has 0 aliphatic carbocycles. The molecule has 84 valence electrons. The van der Waals surface area contributed by atoms with E-state index in [1.807, 2.05) is 25.8 Å². The number of carbonyl (C=O) groups is 1. The fraction of sp³-hybridized carbons (Fsp3) is 0.900. The Balaban J connectivity index is 0.000000241. The zero-order valence-electron chi connectivity index (χ0n) is 9.45. The molecule has 0 atom stereocenters. The van der Waals surface area contributed by atoms with E-state index in [0.717, 1.165) is 13.1 Å². The van der Waals surface area contributed by atoms with Crippen LogP contribution in [0.15, 0.2) is 0 Å². The van der Waals surface area contributed by atoms with E-state index in [0.29, 0.717) is 6.47 Å². The molecule has 0 aromatic rings. The molecule has 1 saturated heterocycles. The fourth-order valence-electron chi connectivity index (χ4n) is 1.06. The van der Waals surface area contributed by atoms with Crippen molar-refractivity contribution in [3.8, 4) is 0 Å². The van der Waals surface area contributed by atoms with Crippen molar-refractivity contribution in [3.63, 3.8) is 0 Å². The number of nitrogens with zero attached hydrogens (tertiary/aromatic N) is 1. The van der Waals surface area contributed by atoms with Gasteiger partial charge in [-0.2, -0.15) is 0 Å². The first-order valence-electron chi connectivity index (χ1n) is 5.07. The molecule has 0 aromatic heterocycles. The Morgan fingerprint density at radius 2 is 1.71 bits per heavy atom. The maximum atomic E-state index is 9.60. The average Bonchev–Trinajstić information content (AvgIpc) is 2.04. The summed E-state index contributed by atoms with van der Waals surface area (Å²) >= 11 is 0. The zero-order valence-corrected chi connectivity index (χ0v) is 9.45. The van der Waals surface area contributed by atoms with Crippen LogP contribution in [0.3, 0.4) is 0 Å². The van der Waals surface area contributed by atoms with E-state index >= 15 is 0 Å². The van der Waals surface area contributed by atoms with Gasteiger partial charge in [0.1, 0.15) is 5.60 Å². The lowest BCUT2D eigenvalue weighted by atomic mass is 10.2. The summed E-state index contributed by atoms with van der Waals surface area (Å²) < 4.78 is 4.55. The number of ether oxygens (including phenoxy) is 1. The van der Waals surface area contributed by atoms with Gasteiger partial charge in [-0.25, -0.2) is 5.01 Å². The van der Waals surface area contributed by atoms with Crippen LogP contribution < -0.4 is 5.84 Å². The molecule has 0 radical (unpaired) electrons. The smallest absolute Gasteiger partial charge is 0.293 e. The minimum Gasteiger partial charge on any atom is -0.462 e. The van der Waals surface area contributed by atoms with E-state index < -0.39 is 0 Å². The van der Waals surface area contributed by atoms with Crippen molar-refractivity contribution >= 4 is 6.47 Å². The molecule has 1 fully saturated rings. The first-order valence-corrected chi connectivity index (χ1v) is 5.07. The maximum absolute atomic E-state index is 9.60. The van der Waals surface area contributed by atoms with Crippen molar-refractivity contribution in [1.82, 2.24) is 5.01 Å². The third-order valence-electron chi connectivity index (χ3n) is 1.79. The summed E-state index contributed by atoms with van der Waals surface area (Å²) in [6.07, 6.45) is 3.95. The van der Waals surface area contributed by atoms with Crippen LogP contribution in [0.4, 0.5) is 0 Å². The van der Waals surface area contributed by atoms with Crippen molar-refractivity contribution in [1.29, 1.82) is 0 Å². The summed E-state index contributed by atoms with van der Waals surface area (Å²) in [4.78, 5) is 9.60. The Morgan fingerprint density at radius 1 is 1.21 bits per heavy atom. The van der Waals surface area contributed by atoms with Gasteiger partial charge in [0.25, 0.3) is 6.47 Å². The summed E-state index contributed by atoms with van der Waals surface area (Å²) in [6.45, 7) is 8.12. The topological polar surface area (TPSA) is 55.6 Å². The summed E-state index contributed by atoms with van der Waals surface area (Å²) in [7, 11) is 0. The highest BCUT2D eigenvalue weighted by Gasteiger charge is 2.07. The van der Waals surface area contributed by atoms with Crippen LogP contribution in [-0.2, 0) is 9.53 Å². The second kappa shape index (κ2) is 6.79. The molecular weight excluding hydrogens is 180 g/mol. The first-order chi connectivity index (χ1) is 6.45. The number of rotatable bonds is 1. The molecule has 0 unspecified atom stereocenters. The molecular formula is C10H22N2O2. The van der Waals surface area contributed by atoms with Gasteiger partial charge < -0.3 is 4.74 Å². The van der Waals surface area contributed by atoms with Crippen LogP contribution in [0.1, 0.15) is 40.0 Å². The van der Waals surface area contributed by atoms with Crippen LogP contribution in [0.5, 0.6) is 0 Å². The lowest BCUT2D eigenvalue weighted by Gasteiger charge is -2.20. The number of piperidine rings is 1. The number of carbonyl (C=O) groups excluding carboxylic acids is 1. The van der Waals surface area contributed by atoms with Crippen molar-refractivity contribution in [2.45, 2.75) is 45.6 Å². The van der Waals surface area contributed by atoms with E-state index in [2.05, 4.69) is 4.74 Å². The molecule has 0 spiro atoms. The molecule has 14 heavy (non-hydrogen) atoms. The molecule has 1 rings (SSSR count). The largest absolute Gasteiger partial charge is 0.462 e. The van der Waals surface area contributed by atoms with Crippen molar-refractivity contribution in [3.05, 3.63) is 0 Å². The van der Waals surface area contributed by atoms with Gasteiger partial charge in [0.05, 0.1) is 0 Å². The molecule has 0 saturated carbocycles. The van der Waals surface area contributed by atoms with E-state index in [1.165, 1.54) is 19.3 Å². The van der Waals surface area contributed by atoms with Gasteiger partial charge >= 0.3 is 0 Å². The van der Waals surface area contributed by atoms with Gasteiger partial charge in [-0.1, -0.05) is 6.42 Å². The Kier molecular flexibility index (Phi) is 6.49. The van der Waals surface area contributed by atoms with Gasteiger partial charge in [0.15, 0.2) is 0 Å². The van der Waals surface area contributed by atoms with E-state index in [-0.39, 0.29) is 5.60 Å². The normalized spacial score (nSPS) is 18.0. The predicted molar refractivity (Wildman–Crippen MR) is 56.5 cm³/mol. The Labute approximate surface area is 86.4 Å². The standard InChI is InChI=1S/C5H12N2.C5H10O2/c6-7-4-2-1-3-5-7;1-5(2,3)7-4-6/h1-6H2;4H,1-3H3. The SMILES string of the molecule is CC(C)(C)OC=O.NN1CCCCC1. The predicted octanol–water partition coefficient (Wildman–Crippen LogP) is 1.30. The van der Waals surface area contributed by atoms with Gasteiger partial charge in [0, 0.05) is 13.1 Å². The molecule has 1 heterocycles. The van der Waals surface area contributed by atoms with Crippen LogP contribution in [-0.4, -0.2) is 30.2 Å². The quantitative estimate of drug-likeness (QED) is 0.514. The van der Waals surface area contributed by atoms with Crippen LogP contribution in [0.2, 0.25) is 0 Å². The number of nitrogens with two attached hydrogens (primary N) is 1. The third-order valence-corrected chi connectivity index (χ3v) is 1.79. The van der Waals surface area contributed by atoms with E-state index in [9.17, 15) is 4.79 Å². The summed E-state index contributed by atoms with van der Waals surface area (Å²) in [5.74, 6) is 5.47. The molecule has 2 N–H and O–H groups in total. The van der Waals surface area contributed by atoms with Gasteiger partial charge in [-0.05, 0) is 33.6 Å². The van der Waals surface area contributed by atoms with Crippen molar-refractivity contribution in [2.75, 3.05) is 13.1 Å². The van der Waals surface area contributed by atoms with Gasteiger partial charge in [-0.15, -0.1) is 0 Å². The minimum absolute atomic E-state index is 0.318. The van der Waals surface area contributed by atoms with Crippen LogP contribution in [0, 0.1) is 0 Å². The molecule has 4 heteroatoms. The van der Waals surface area contributed by atoms with E-state index in [1.54, 1.807) is 0 Å². The summed E-state index contributed by atoms with van der Waals surface area (Å²) in [5.41, 5.74) is -0.318. The average molecular weight is 202 g/mol. The maximum Gasteiger partial charge on any atom is 0.293 e. The summed E-state index contributed by atoms with van der Waals surface area (Å²) in [6, 6.07) is 0. The highest BCUT2D eigenvalue weighted by Crippen LogP contribution is 2.03. The molecule has 0 amide bonds. The molecule has 4 nitrogen and oxygen atoms in total. The monoisotopic (exact) mass is 202 g/mol. The van der Waals surface area contributed by atoms with Crippen LogP contribution in [0.25, 0.3) is 0 Å². The fourth-order valence-corrected chi connectivity index (χ4v) is 1.06. The highest BCUT2D eigenvalue weighted by molar-refractivity contribution is 5.37. The van der Waals surface area contributed by atoms with Gasteiger partial charge in [-0.3, -0.25) is 10.6 Å². The highest BCUT2D eigenvalue weighted by atomic mass is 16.5. The lowest BCUT2D eigenvalue weighted by molar-refractivity contribution is -0.138. The molecule has 0 aromatic carbocycles. The van der Waals surface area contributed by atoms with Crippen LogP contribution >= 0.6 is 0 Å². The first kappa shape index (κ1) is 13.4. The van der Waals surface area contributed by atoms with E-state index in [4.69, 9.17) is 5.84 Å². The number of hydrazine groups is 1. The Bertz CT molecular complexity index is 149. The van der Waals surface area contributed by atoms with Crippen molar-refractivity contribution < 1.29 is 9.53 Å². The number of hydrogen-bond acceptors (Lipinski definition) is 4. The minimum atomic E-state index is -0.318. The molecule has 0 bridgehead atoms. The molecule has 1 aliphatic rings. The second-order valence-electron chi connectivity index (χ2n) is 4.42. The molecule has 1 aliphatic heterocycles. The van der Waals surface area contributed by atoms with Gasteiger partial charge in [0.2, 0.25) is 0 Å². The lowest BCUT2D eigenvalue weighted by Crippen LogP contribution is -2.35. The Hall–Kier alpha value is -0.610. The summed E-state index contributed by atoms with van der Waals surface area (Å²) in [5, 5.41) is 1.89. The zero-order chi connectivity index (χ0) is 11.0. The third kappa shape index (κ3) is 9.48. The van der Waals surface area contributed by atoms with Crippen molar-refractivity contribution in [2.24, 2.45) is 5.84 Å². The number of hydrogen-bond donors (Lipinski definition) is 1. The Morgan fingerprint density at radius 3 is 1.86 bits per heavy atom.